The molecule has 40 heavy (non-hydrogen) atoms. The molecule has 1 aromatic rings. The Morgan fingerprint density at radius 1 is 0.850 bits per heavy atom. The highest BCUT2D eigenvalue weighted by Gasteiger charge is 2.30. The number of benzene rings is 1. The number of carbonyl (C=O) groups is 5. The van der Waals surface area contributed by atoms with Crippen LogP contribution in [-0.2, 0) is 30.3 Å². The Bertz CT molecular complexity index is 985. The summed E-state index contributed by atoms with van der Waals surface area (Å²) in [6.07, 6.45) is -0.572. The second kappa shape index (κ2) is 18.1. The van der Waals surface area contributed by atoms with Gasteiger partial charge in [-0.05, 0) is 43.6 Å². The highest BCUT2D eigenvalue weighted by Crippen LogP contribution is 2.08. The van der Waals surface area contributed by atoms with Gasteiger partial charge < -0.3 is 31.1 Å². The van der Waals surface area contributed by atoms with Crippen molar-refractivity contribution in [2.75, 3.05) is 18.9 Å². The summed E-state index contributed by atoms with van der Waals surface area (Å²) in [4.78, 5) is 62.2. The molecule has 0 fully saturated rings. The van der Waals surface area contributed by atoms with Crippen LogP contribution in [-0.4, -0.2) is 71.9 Å². The Hall–Kier alpha value is -3.28. The monoisotopic (exact) mass is 580 g/mol. The van der Waals surface area contributed by atoms with Crippen molar-refractivity contribution in [3.8, 4) is 0 Å². The topological polar surface area (TPSA) is 163 Å². The molecule has 0 aromatic heterocycles. The van der Waals surface area contributed by atoms with E-state index in [9.17, 15) is 24.0 Å². The zero-order valence-electron chi connectivity index (χ0n) is 24.0. The molecule has 0 aliphatic rings. The first-order valence-corrected chi connectivity index (χ1v) is 14.2. The van der Waals surface area contributed by atoms with Gasteiger partial charge >= 0.3 is 12.1 Å². The van der Waals surface area contributed by atoms with E-state index in [2.05, 4.69) is 33.9 Å². The van der Waals surface area contributed by atoms with Crippen LogP contribution in [0.4, 0.5) is 4.79 Å². The van der Waals surface area contributed by atoms with Crippen molar-refractivity contribution in [1.82, 2.24) is 21.3 Å². The van der Waals surface area contributed by atoms with Crippen molar-refractivity contribution in [3.63, 3.8) is 0 Å². The third kappa shape index (κ3) is 14.2. The lowest BCUT2D eigenvalue weighted by Crippen LogP contribution is -2.57. The van der Waals surface area contributed by atoms with Gasteiger partial charge in [-0.3, -0.25) is 19.2 Å². The van der Waals surface area contributed by atoms with Crippen LogP contribution in [0, 0.1) is 18.8 Å². The lowest BCUT2D eigenvalue weighted by atomic mass is 10.0. The smallest absolute Gasteiger partial charge is 0.407 e. The molecule has 0 aliphatic carbocycles. The standard InChI is InChI=1S/C28H44N4O7S/c1-17(2)14-22(30-26(36)21(10-11-24(33)34)32-28(38)39-15-18(3)4)27(37)31-23(16-40)25(35)29-13-12-20-8-6-19(5)7-9-20/h6-9,17-18,21-23,40H,10-16H2,1-5H3,(H,29,35)(H,30,36)(H,31,37)(H,32,38)(H,33,34)/t21-,22-,23-/m0/s1. The molecule has 5 N–H and O–H groups in total. The molecule has 224 valence electrons. The van der Waals surface area contributed by atoms with Crippen molar-refractivity contribution in [2.45, 2.75) is 78.4 Å². The number of rotatable bonds is 17. The summed E-state index contributed by atoms with van der Waals surface area (Å²) in [6.45, 7) is 9.91. The van der Waals surface area contributed by atoms with E-state index in [0.29, 0.717) is 13.0 Å². The van der Waals surface area contributed by atoms with Crippen LogP contribution in [0.3, 0.4) is 0 Å². The highest BCUT2D eigenvalue weighted by molar-refractivity contribution is 7.80. The molecule has 0 aliphatic heterocycles. The van der Waals surface area contributed by atoms with Crippen molar-refractivity contribution < 1.29 is 33.8 Å². The number of hydrogen-bond donors (Lipinski definition) is 6. The van der Waals surface area contributed by atoms with Crippen LogP contribution < -0.4 is 21.3 Å². The van der Waals surface area contributed by atoms with Crippen LogP contribution in [0.1, 0.15) is 58.1 Å². The van der Waals surface area contributed by atoms with E-state index in [1.807, 2.05) is 58.9 Å². The molecule has 0 saturated carbocycles. The van der Waals surface area contributed by atoms with E-state index < -0.39 is 47.9 Å². The van der Waals surface area contributed by atoms with Gasteiger partial charge in [0.2, 0.25) is 17.7 Å². The largest absolute Gasteiger partial charge is 0.481 e. The third-order valence-corrected chi connectivity index (χ3v) is 6.16. The summed E-state index contributed by atoms with van der Waals surface area (Å²) in [5, 5.41) is 19.5. The number of nitrogens with one attached hydrogen (secondary N) is 4. The van der Waals surface area contributed by atoms with E-state index in [4.69, 9.17) is 9.84 Å². The number of carboxylic acid groups (broad SMARTS) is 1. The molecule has 0 spiro atoms. The molecule has 0 radical (unpaired) electrons. The third-order valence-electron chi connectivity index (χ3n) is 5.79. The SMILES string of the molecule is Cc1ccc(CCNC(=O)[C@H](CS)NC(=O)[C@H](CC(C)C)NC(=O)[C@H](CCC(=O)O)NC(=O)OCC(C)C)cc1. The predicted octanol–water partition coefficient (Wildman–Crippen LogP) is 2.21. The summed E-state index contributed by atoms with van der Waals surface area (Å²) in [5.74, 6) is -2.76. The normalized spacial score (nSPS) is 13.2. The Balaban J connectivity index is 2.84. The lowest BCUT2D eigenvalue weighted by Gasteiger charge is -2.25. The fourth-order valence-corrected chi connectivity index (χ4v) is 3.87. The Morgan fingerprint density at radius 2 is 1.45 bits per heavy atom. The lowest BCUT2D eigenvalue weighted by molar-refractivity contribution is -0.137. The van der Waals surface area contributed by atoms with E-state index in [0.717, 1.165) is 11.1 Å². The number of aliphatic carboxylic acids is 1. The fraction of sp³-hybridized carbons (Fsp3) is 0.607. The molecule has 1 rings (SSSR count). The van der Waals surface area contributed by atoms with Gasteiger partial charge in [-0.1, -0.05) is 57.5 Å². The number of amides is 4. The number of carbonyl (C=O) groups excluding carboxylic acids is 4. The van der Waals surface area contributed by atoms with Crippen LogP contribution >= 0.6 is 12.6 Å². The van der Waals surface area contributed by atoms with Gasteiger partial charge in [-0.25, -0.2) is 4.79 Å². The van der Waals surface area contributed by atoms with Gasteiger partial charge in [0.1, 0.15) is 18.1 Å². The summed E-state index contributed by atoms with van der Waals surface area (Å²) in [6, 6.07) is 4.76. The minimum absolute atomic E-state index is 0.00438. The first-order valence-electron chi connectivity index (χ1n) is 13.5. The van der Waals surface area contributed by atoms with Gasteiger partial charge in [0, 0.05) is 18.7 Å². The van der Waals surface area contributed by atoms with Crippen LogP contribution in [0.25, 0.3) is 0 Å². The second-order valence-electron chi connectivity index (χ2n) is 10.6. The Labute approximate surface area is 242 Å². The number of alkyl carbamates (subject to hydrolysis) is 1. The average Bonchev–Trinajstić information content (AvgIpc) is 2.88. The number of ether oxygens (including phenoxy) is 1. The van der Waals surface area contributed by atoms with Gasteiger partial charge in [0.05, 0.1) is 6.61 Å². The quantitative estimate of drug-likeness (QED) is 0.154. The highest BCUT2D eigenvalue weighted by atomic mass is 32.1. The summed E-state index contributed by atoms with van der Waals surface area (Å²) < 4.78 is 5.06. The number of hydrogen-bond acceptors (Lipinski definition) is 7. The van der Waals surface area contributed by atoms with Gasteiger partial charge in [-0.2, -0.15) is 12.6 Å². The first-order chi connectivity index (χ1) is 18.8. The van der Waals surface area contributed by atoms with Crippen molar-refractivity contribution in [3.05, 3.63) is 35.4 Å². The fourth-order valence-electron chi connectivity index (χ4n) is 3.61. The maximum Gasteiger partial charge on any atom is 0.407 e. The van der Waals surface area contributed by atoms with E-state index in [1.54, 1.807) is 0 Å². The molecule has 0 heterocycles. The van der Waals surface area contributed by atoms with Crippen molar-refractivity contribution >= 4 is 42.4 Å². The predicted molar refractivity (Wildman–Crippen MR) is 155 cm³/mol. The molecule has 1 aromatic carbocycles. The summed E-state index contributed by atoms with van der Waals surface area (Å²) in [5.41, 5.74) is 2.21. The van der Waals surface area contributed by atoms with E-state index in [1.165, 1.54) is 0 Å². The molecule has 11 nitrogen and oxygen atoms in total. The molecule has 0 unspecified atom stereocenters. The second-order valence-corrected chi connectivity index (χ2v) is 10.9. The number of thiol groups is 1. The molecule has 0 bridgehead atoms. The summed E-state index contributed by atoms with van der Waals surface area (Å²) in [7, 11) is 0. The Morgan fingerprint density at radius 3 is 2.00 bits per heavy atom. The zero-order valence-corrected chi connectivity index (χ0v) is 24.9. The average molecular weight is 581 g/mol. The van der Waals surface area contributed by atoms with Gasteiger partial charge in [-0.15, -0.1) is 0 Å². The van der Waals surface area contributed by atoms with Crippen LogP contribution in [0.2, 0.25) is 0 Å². The van der Waals surface area contributed by atoms with Crippen molar-refractivity contribution in [1.29, 1.82) is 0 Å². The first kappa shape index (κ1) is 34.7. The molecule has 4 amide bonds. The Kier molecular flexibility index (Phi) is 15.8. The molecular weight excluding hydrogens is 536 g/mol. The maximum absolute atomic E-state index is 13.2. The van der Waals surface area contributed by atoms with Crippen LogP contribution in [0.5, 0.6) is 0 Å². The molecular formula is C28H44N4O7S. The molecule has 0 saturated heterocycles. The zero-order chi connectivity index (χ0) is 30.2. The number of aryl methyl sites for hydroxylation is 1. The van der Waals surface area contributed by atoms with Gasteiger partial charge in [0.25, 0.3) is 0 Å². The van der Waals surface area contributed by atoms with E-state index >= 15 is 0 Å². The molecule has 12 heteroatoms. The molecule has 3 atom stereocenters. The number of carboxylic acids is 1. The minimum atomic E-state index is -1.23. The summed E-state index contributed by atoms with van der Waals surface area (Å²) >= 11 is 4.21. The minimum Gasteiger partial charge on any atom is -0.481 e. The van der Waals surface area contributed by atoms with E-state index in [-0.39, 0.29) is 43.5 Å². The van der Waals surface area contributed by atoms with Crippen molar-refractivity contribution in [2.24, 2.45) is 11.8 Å². The maximum atomic E-state index is 13.2. The van der Waals surface area contributed by atoms with Gasteiger partial charge in [0.15, 0.2) is 0 Å². The van der Waals surface area contributed by atoms with Crippen LogP contribution in [0.15, 0.2) is 24.3 Å².